The van der Waals surface area contributed by atoms with Crippen molar-refractivity contribution < 1.29 is 80.2 Å². The summed E-state index contributed by atoms with van der Waals surface area (Å²) < 4.78 is 68.1. The Kier molecular flexibility index (Phi) is 57.1. The molecule has 0 aromatic rings. The van der Waals surface area contributed by atoms with Crippen LogP contribution in [-0.4, -0.2) is 96.7 Å². The first kappa shape index (κ1) is 83.1. The molecule has 0 aromatic heterocycles. The van der Waals surface area contributed by atoms with Crippen LogP contribution in [0.15, 0.2) is 0 Å². The minimum absolute atomic E-state index is 0.106. The lowest BCUT2D eigenvalue weighted by molar-refractivity contribution is -0.161. The fourth-order valence-electron chi connectivity index (χ4n) is 9.85. The van der Waals surface area contributed by atoms with Gasteiger partial charge in [0.2, 0.25) is 0 Å². The van der Waals surface area contributed by atoms with E-state index in [1.54, 1.807) is 0 Å². The van der Waals surface area contributed by atoms with Crippen LogP contribution < -0.4 is 0 Å². The SMILES string of the molecule is CCCCCCCCCCCCCC(=O)O[C@H](COC(=O)CCCCCCCCCC)COP(=O)(O)OC[C@H](O)COP(=O)(O)OC[C@@H](COC(=O)CCCCCCCCCCCC(C)C)OC(=O)CCCCCCCCCCCCC(C)CC. The van der Waals surface area contributed by atoms with E-state index in [1.165, 1.54) is 141 Å². The summed E-state index contributed by atoms with van der Waals surface area (Å²) in [6, 6.07) is 0. The molecule has 0 aliphatic rings. The molecule has 0 heterocycles. The number of ether oxygens (including phenoxy) is 4. The van der Waals surface area contributed by atoms with Gasteiger partial charge >= 0.3 is 39.5 Å². The number of esters is 4. The smallest absolute Gasteiger partial charge is 0.462 e. The van der Waals surface area contributed by atoms with Crippen molar-refractivity contribution in [1.82, 2.24) is 0 Å². The van der Waals surface area contributed by atoms with E-state index in [0.29, 0.717) is 25.7 Å². The van der Waals surface area contributed by atoms with Gasteiger partial charge in [-0.2, -0.15) is 0 Å². The first-order chi connectivity index (χ1) is 40.9. The summed E-state index contributed by atoms with van der Waals surface area (Å²) in [7, 11) is -9.89. The predicted molar refractivity (Wildman–Crippen MR) is 340 cm³/mol. The van der Waals surface area contributed by atoms with E-state index in [9.17, 15) is 43.2 Å². The summed E-state index contributed by atoms with van der Waals surface area (Å²) in [4.78, 5) is 72.3. The maximum Gasteiger partial charge on any atom is 0.472 e. The van der Waals surface area contributed by atoms with Gasteiger partial charge in [-0.1, -0.05) is 279 Å². The highest BCUT2D eigenvalue weighted by atomic mass is 31.2. The molecule has 0 fully saturated rings. The number of phosphoric acid groups is 2. The Morgan fingerprint density at radius 2 is 0.600 bits per heavy atom. The van der Waals surface area contributed by atoms with Gasteiger partial charge in [-0.15, -0.1) is 0 Å². The van der Waals surface area contributed by atoms with Crippen LogP contribution in [0.25, 0.3) is 0 Å². The minimum Gasteiger partial charge on any atom is -0.462 e. The van der Waals surface area contributed by atoms with E-state index < -0.39 is 97.5 Å². The molecule has 0 aromatic carbocycles. The Bertz CT molecular complexity index is 1670. The van der Waals surface area contributed by atoms with E-state index in [0.717, 1.165) is 108 Å². The molecule has 0 aliphatic heterocycles. The highest BCUT2D eigenvalue weighted by Crippen LogP contribution is 2.45. The molecular weight excluding hydrogens is 1130 g/mol. The van der Waals surface area contributed by atoms with Crippen molar-refractivity contribution in [2.45, 2.75) is 349 Å². The van der Waals surface area contributed by atoms with Crippen molar-refractivity contribution in [3.63, 3.8) is 0 Å². The number of phosphoric ester groups is 2. The average molecular weight is 1260 g/mol. The lowest BCUT2D eigenvalue weighted by Gasteiger charge is -2.21. The quantitative estimate of drug-likeness (QED) is 0.0222. The average Bonchev–Trinajstić information content (AvgIpc) is 3.47. The van der Waals surface area contributed by atoms with Gasteiger partial charge in [-0.25, -0.2) is 9.13 Å². The molecule has 19 heteroatoms. The molecule has 0 amide bonds. The summed E-state index contributed by atoms with van der Waals surface area (Å²) in [6.07, 6.45) is 41.6. The lowest BCUT2D eigenvalue weighted by Crippen LogP contribution is -2.30. The third kappa shape index (κ3) is 59.5. The molecule has 6 atom stereocenters. The summed E-state index contributed by atoms with van der Waals surface area (Å²) in [6.45, 7) is 9.49. The first-order valence-corrected chi connectivity index (χ1v) is 37.5. The third-order valence-corrected chi connectivity index (χ3v) is 17.5. The minimum atomic E-state index is -4.95. The Balaban J connectivity index is 5.24. The number of rotatable bonds is 65. The number of carbonyl (C=O) groups excluding carboxylic acids is 4. The summed E-state index contributed by atoms with van der Waals surface area (Å²) in [5.41, 5.74) is 0. The van der Waals surface area contributed by atoms with Crippen LogP contribution in [0.1, 0.15) is 330 Å². The van der Waals surface area contributed by atoms with Crippen LogP contribution in [0.4, 0.5) is 0 Å². The molecule has 0 radical (unpaired) electrons. The molecule has 0 aliphatic carbocycles. The normalized spacial score (nSPS) is 14.6. The molecule has 0 rings (SSSR count). The first-order valence-electron chi connectivity index (χ1n) is 34.5. The van der Waals surface area contributed by atoms with E-state index in [1.807, 2.05) is 0 Å². The predicted octanol–water partition coefficient (Wildman–Crippen LogP) is 18.4. The largest absolute Gasteiger partial charge is 0.472 e. The zero-order chi connectivity index (χ0) is 62.9. The van der Waals surface area contributed by atoms with Crippen LogP contribution in [0.3, 0.4) is 0 Å². The van der Waals surface area contributed by atoms with Crippen LogP contribution in [0.5, 0.6) is 0 Å². The Hall–Kier alpha value is -1.94. The number of aliphatic hydroxyl groups is 1. The lowest BCUT2D eigenvalue weighted by atomic mass is 9.99. The Morgan fingerprint density at radius 3 is 0.894 bits per heavy atom. The molecule has 3 unspecified atom stereocenters. The third-order valence-electron chi connectivity index (χ3n) is 15.6. The van der Waals surface area contributed by atoms with Gasteiger partial charge in [-0.3, -0.25) is 37.3 Å². The summed E-state index contributed by atoms with van der Waals surface area (Å²) >= 11 is 0. The maximum absolute atomic E-state index is 13.0. The fraction of sp³-hybridized carbons (Fsp3) is 0.939. The van der Waals surface area contributed by atoms with Gasteiger partial charge in [0.1, 0.15) is 19.3 Å². The molecule has 0 spiro atoms. The van der Waals surface area contributed by atoms with Crippen LogP contribution in [0, 0.1) is 11.8 Å². The number of unbranched alkanes of at least 4 members (excludes halogenated alkanes) is 34. The van der Waals surface area contributed by atoms with Crippen LogP contribution in [-0.2, 0) is 65.4 Å². The van der Waals surface area contributed by atoms with Crippen molar-refractivity contribution in [2.24, 2.45) is 11.8 Å². The number of carbonyl (C=O) groups is 4. The van der Waals surface area contributed by atoms with Crippen molar-refractivity contribution in [1.29, 1.82) is 0 Å². The van der Waals surface area contributed by atoms with Gasteiger partial charge in [0.25, 0.3) is 0 Å². The van der Waals surface area contributed by atoms with E-state index in [-0.39, 0.29) is 25.7 Å². The molecule has 3 N–H and O–H groups in total. The van der Waals surface area contributed by atoms with Gasteiger partial charge in [0, 0.05) is 25.7 Å². The van der Waals surface area contributed by atoms with Gasteiger partial charge in [0.15, 0.2) is 12.2 Å². The van der Waals surface area contributed by atoms with E-state index in [4.69, 9.17) is 37.0 Å². The van der Waals surface area contributed by atoms with Gasteiger partial charge in [0.05, 0.1) is 26.4 Å². The van der Waals surface area contributed by atoms with E-state index in [2.05, 4.69) is 41.5 Å². The molecule has 0 saturated heterocycles. The Morgan fingerprint density at radius 1 is 0.341 bits per heavy atom. The maximum atomic E-state index is 13.0. The van der Waals surface area contributed by atoms with Crippen molar-refractivity contribution in [3.05, 3.63) is 0 Å². The van der Waals surface area contributed by atoms with Crippen molar-refractivity contribution in [3.8, 4) is 0 Å². The number of hydrogen-bond donors (Lipinski definition) is 3. The number of hydrogen-bond acceptors (Lipinski definition) is 15. The zero-order valence-corrected chi connectivity index (χ0v) is 56.7. The summed E-state index contributed by atoms with van der Waals surface area (Å²) in [5, 5.41) is 10.5. The molecule has 0 bridgehead atoms. The topological polar surface area (TPSA) is 237 Å². The Labute approximate surface area is 517 Å². The van der Waals surface area contributed by atoms with Crippen molar-refractivity contribution in [2.75, 3.05) is 39.6 Å². The highest BCUT2D eigenvalue weighted by molar-refractivity contribution is 7.47. The van der Waals surface area contributed by atoms with E-state index >= 15 is 0 Å². The van der Waals surface area contributed by atoms with Crippen LogP contribution >= 0.6 is 15.6 Å². The van der Waals surface area contributed by atoms with Crippen LogP contribution in [0.2, 0.25) is 0 Å². The van der Waals surface area contributed by atoms with Gasteiger partial charge < -0.3 is 33.8 Å². The monoisotopic (exact) mass is 1250 g/mol. The van der Waals surface area contributed by atoms with Gasteiger partial charge in [-0.05, 0) is 37.5 Å². The standard InChI is InChI=1S/C66H128O17P2/c1-7-10-12-14-16-18-19-25-32-38-44-50-65(70)82-61(54-76-63(68)48-42-36-30-17-15-13-11-8-2)56-80-84(72,73)78-52-60(67)53-79-85(74,75)81-57-62(55-77-64(69)49-43-37-31-27-22-23-28-34-40-46-58(4)5)83-66(71)51-45-39-33-26-21-20-24-29-35-41-47-59(6)9-3/h58-62,67H,7-57H2,1-6H3,(H,72,73)(H,74,75)/t59?,60-,61+,62+/m0/s1. The molecule has 0 saturated carbocycles. The molecule has 17 nitrogen and oxygen atoms in total. The second-order valence-electron chi connectivity index (χ2n) is 24.6. The zero-order valence-electron chi connectivity index (χ0n) is 54.9. The van der Waals surface area contributed by atoms with Crippen molar-refractivity contribution >= 4 is 39.5 Å². The fourth-order valence-corrected chi connectivity index (χ4v) is 11.4. The second kappa shape index (κ2) is 58.4. The summed E-state index contributed by atoms with van der Waals surface area (Å²) in [5.74, 6) is -0.585. The molecule has 85 heavy (non-hydrogen) atoms. The highest BCUT2D eigenvalue weighted by Gasteiger charge is 2.30. The second-order valence-corrected chi connectivity index (χ2v) is 27.5. The molecule has 504 valence electrons. The molecular formula is C66H128O17P2. The number of aliphatic hydroxyl groups excluding tert-OH is 1.